The van der Waals surface area contributed by atoms with E-state index in [0.29, 0.717) is 6.42 Å². The van der Waals surface area contributed by atoms with Gasteiger partial charge in [-0.15, -0.1) is 0 Å². The van der Waals surface area contributed by atoms with Crippen LogP contribution >= 0.6 is 0 Å². The summed E-state index contributed by atoms with van der Waals surface area (Å²) in [5.41, 5.74) is -0.161. The van der Waals surface area contributed by atoms with Gasteiger partial charge in [-0.2, -0.15) is 0 Å². The summed E-state index contributed by atoms with van der Waals surface area (Å²) in [6.07, 6.45) is 10.5. The Bertz CT molecular complexity index is 369. The minimum Gasteiger partial charge on any atom is -0.431 e. The van der Waals surface area contributed by atoms with Crippen LogP contribution in [0.1, 0.15) is 86.0 Å². The molecule has 0 aromatic heterocycles. The molecule has 0 saturated carbocycles. The first kappa shape index (κ1) is 18.2. The largest absolute Gasteiger partial charge is 0.431 e. The van der Waals surface area contributed by atoms with Gasteiger partial charge in [-0.05, 0) is 40.2 Å². The number of hydrogen-bond donors (Lipinski definition) is 1. The zero-order valence-electron chi connectivity index (χ0n) is 14.6. The smallest absolute Gasteiger partial charge is 0.310 e. The third kappa shape index (κ3) is 7.66. The molecule has 21 heavy (non-hydrogen) atoms. The Morgan fingerprint density at radius 3 is 2.38 bits per heavy atom. The molecule has 0 saturated heterocycles. The van der Waals surface area contributed by atoms with Gasteiger partial charge in [0.15, 0.2) is 0 Å². The van der Waals surface area contributed by atoms with Gasteiger partial charge in [0.1, 0.15) is 5.76 Å². The van der Waals surface area contributed by atoms with Gasteiger partial charge in [-0.25, -0.2) is 0 Å². The first-order valence-corrected chi connectivity index (χ1v) is 8.46. The minimum absolute atomic E-state index is 0.0337. The summed E-state index contributed by atoms with van der Waals surface area (Å²) in [6, 6.07) is 0. The predicted molar refractivity (Wildman–Crippen MR) is 88.1 cm³/mol. The molecule has 0 radical (unpaired) electrons. The van der Waals surface area contributed by atoms with Crippen LogP contribution < -0.4 is 5.32 Å². The van der Waals surface area contributed by atoms with Crippen LogP contribution in [0.15, 0.2) is 11.8 Å². The molecule has 0 unspecified atom stereocenters. The lowest BCUT2D eigenvalue weighted by Gasteiger charge is -2.40. The standard InChI is InChI=1S/C18H33NO2/c1-6-7-8-9-10-11-12-16(20)21-15-13-17(2,3)19-18(4,5)14-15/h13,19H,6-12,14H2,1-5H3. The maximum absolute atomic E-state index is 11.9. The lowest BCUT2D eigenvalue weighted by atomic mass is 9.87. The number of unbranched alkanes of at least 4 members (excludes halogenated alkanes) is 5. The SMILES string of the molecule is CCCCCCCCC(=O)OC1=CC(C)(C)NC(C)(C)C1. The summed E-state index contributed by atoms with van der Waals surface area (Å²) >= 11 is 0. The third-order valence-corrected chi connectivity index (χ3v) is 3.78. The van der Waals surface area contributed by atoms with Crippen molar-refractivity contribution in [1.29, 1.82) is 0 Å². The number of rotatable bonds is 8. The van der Waals surface area contributed by atoms with E-state index in [2.05, 4.69) is 39.9 Å². The van der Waals surface area contributed by atoms with Gasteiger partial charge in [-0.3, -0.25) is 4.79 Å². The van der Waals surface area contributed by atoms with Crippen molar-refractivity contribution in [2.45, 2.75) is 97.1 Å². The molecule has 1 aliphatic heterocycles. The van der Waals surface area contributed by atoms with E-state index in [9.17, 15) is 4.79 Å². The van der Waals surface area contributed by atoms with Crippen molar-refractivity contribution in [3.05, 3.63) is 11.8 Å². The number of hydrogen-bond acceptors (Lipinski definition) is 3. The molecular weight excluding hydrogens is 262 g/mol. The zero-order valence-corrected chi connectivity index (χ0v) is 14.6. The highest BCUT2D eigenvalue weighted by molar-refractivity contribution is 5.70. The van der Waals surface area contributed by atoms with Crippen LogP contribution in [0, 0.1) is 0 Å². The van der Waals surface area contributed by atoms with Crippen molar-refractivity contribution < 1.29 is 9.53 Å². The molecule has 0 bridgehead atoms. The van der Waals surface area contributed by atoms with Gasteiger partial charge < -0.3 is 10.1 Å². The maximum Gasteiger partial charge on any atom is 0.310 e. The summed E-state index contributed by atoms with van der Waals surface area (Å²) in [4.78, 5) is 11.9. The van der Waals surface area contributed by atoms with Crippen molar-refractivity contribution in [2.24, 2.45) is 0 Å². The Labute approximate surface area is 130 Å². The minimum atomic E-state index is -0.127. The number of esters is 1. The molecule has 122 valence electrons. The average Bonchev–Trinajstić information content (AvgIpc) is 2.29. The van der Waals surface area contributed by atoms with E-state index >= 15 is 0 Å². The van der Waals surface area contributed by atoms with Crippen molar-refractivity contribution in [3.63, 3.8) is 0 Å². The first-order chi connectivity index (χ1) is 9.74. The molecule has 1 aliphatic rings. The summed E-state index contributed by atoms with van der Waals surface area (Å²) in [5.74, 6) is 0.741. The Balaban J connectivity index is 2.32. The normalized spacial score (nSPS) is 20.0. The molecule has 1 rings (SSSR count). The average molecular weight is 295 g/mol. The number of nitrogens with one attached hydrogen (secondary N) is 1. The van der Waals surface area contributed by atoms with Gasteiger partial charge in [0, 0.05) is 23.9 Å². The maximum atomic E-state index is 11.9. The molecule has 0 fully saturated rings. The summed E-state index contributed by atoms with van der Waals surface area (Å²) < 4.78 is 5.57. The fraction of sp³-hybridized carbons (Fsp3) is 0.833. The molecular formula is C18H33NO2. The van der Waals surface area contributed by atoms with Crippen molar-refractivity contribution in [3.8, 4) is 0 Å². The van der Waals surface area contributed by atoms with Crippen LogP contribution in [-0.4, -0.2) is 17.0 Å². The van der Waals surface area contributed by atoms with Gasteiger partial charge >= 0.3 is 5.97 Å². The Morgan fingerprint density at radius 1 is 1.14 bits per heavy atom. The van der Waals surface area contributed by atoms with Crippen LogP contribution in [0.4, 0.5) is 0 Å². The second-order valence-electron chi connectivity index (χ2n) is 7.51. The van der Waals surface area contributed by atoms with E-state index in [1.165, 1.54) is 25.7 Å². The molecule has 0 spiro atoms. The molecule has 3 heteroatoms. The number of carbonyl (C=O) groups is 1. The molecule has 0 amide bonds. The van der Waals surface area contributed by atoms with E-state index in [0.717, 1.165) is 25.0 Å². The Hall–Kier alpha value is -0.830. The van der Waals surface area contributed by atoms with Crippen molar-refractivity contribution in [2.75, 3.05) is 0 Å². The Kier molecular flexibility index (Phi) is 6.92. The monoisotopic (exact) mass is 295 g/mol. The van der Waals surface area contributed by atoms with Crippen molar-refractivity contribution in [1.82, 2.24) is 5.32 Å². The molecule has 3 nitrogen and oxygen atoms in total. The Morgan fingerprint density at radius 2 is 1.76 bits per heavy atom. The van der Waals surface area contributed by atoms with E-state index < -0.39 is 0 Å². The molecule has 1 heterocycles. The summed E-state index contributed by atoms with van der Waals surface area (Å²) in [7, 11) is 0. The van der Waals surface area contributed by atoms with E-state index in [1.54, 1.807) is 0 Å². The van der Waals surface area contributed by atoms with Crippen LogP contribution in [0.3, 0.4) is 0 Å². The van der Waals surface area contributed by atoms with Crippen LogP contribution in [0.25, 0.3) is 0 Å². The van der Waals surface area contributed by atoms with Gasteiger partial charge in [0.05, 0.1) is 0 Å². The highest BCUT2D eigenvalue weighted by Crippen LogP contribution is 2.28. The molecule has 1 N–H and O–H groups in total. The van der Waals surface area contributed by atoms with Crippen LogP contribution in [0.2, 0.25) is 0 Å². The molecule has 0 aromatic rings. The van der Waals surface area contributed by atoms with Crippen LogP contribution in [-0.2, 0) is 9.53 Å². The number of ether oxygens (including phenoxy) is 1. The molecule has 0 atom stereocenters. The number of carbonyl (C=O) groups excluding carboxylic acids is 1. The second-order valence-corrected chi connectivity index (χ2v) is 7.51. The highest BCUT2D eigenvalue weighted by Gasteiger charge is 2.33. The van der Waals surface area contributed by atoms with Crippen LogP contribution in [0.5, 0.6) is 0 Å². The fourth-order valence-electron chi connectivity index (χ4n) is 3.15. The molecule has 0 aromatic carbocycles. The highest BCUT2D eigenvalue weighted by atomic mass is 16.5. The summed E-state index contributed by atoms with van der Waals surface area (Å²) in [6.45, 7) is 10.7. The quantitative estimate of drug-likeness (QED) is 0.520. The van der Waals surface area contributed by atoms with Gasteiger partial charge in [0.25, 0.3) is 0 Å². The predicted octanol–water partition coefficient (Wildman–Crippen LogP) is 4.71. The second kappa shape index (κ2) is 7.98. The summed E-state index contributed by atoms with van der Waals surface area (Å²) in [5, 5.41) is 3.54. The van der Waals surface area contributed by atoms with E-state index in [1.807, 2.05) is 6.08 Å². The fourth-order valence-corrected chi connectivity index (χ4v) is 3.15. The lowest BCUT2D eigenvalue weighted by molar-refractivity contribution is -0.140. The lowest BCUT2D eigenvalue weighted by Crippen LogP contribution is -2.54. The topological polar surface area (TPSA) is 38.3 Å². The van der Waals surface area contributed by atoms with E-state index in [-0.39, 0.29) is 17.0 Å². The van der Waals surface area contributed by atoms with E-state index in [4.69, 9.17) is 4.74 Å². The third-order valence-electron chi connectivity index (χ3n) is 3.78. The van der Waals surface area contributed by atoms with Crippen molar-refractivity contribution >= 4 is 5.97 Å². The zero-order chi connectivity index (χ0) is 15.9. The first-order valence-electron chi connectivity index (χ1n) is 8.46. The van der Waals surface area contributed by atoms with Gasteiger partial charge in [-0.1, -0.05) is 39.0 Å². The van der Waals surface area contributed by atoms with Gasteiger partial charge in [0.2, 0.25) is 0 Å². The molecule has 0 aliphatic carbocycles.